The molecule has 3 N–H and O–H groups in total. The third-order valence-electron chi connectivity index (χ3n) is 2.69. The van der Waals surface area contributed by atoms with Gasteiger partial charge in [-0.15, -0.1) is 0 Å². The number of H-pyrrole nitrogens is 1. The number of hydrogen-bond acceptors (Lipinski definition) is 3. The summed E-state index contributed by atoms with van der Waals surface area (Å²) in [6.07, 6.45) is 1.07. The van der Waals surface area contributed by atoms with Crippen LogP contribution >= 0.6 is 0 Å². The molecule has 0 aliphatic heterocycles. The van der Waals surface area contributed by atoms with Gasteiger partial charge in [-0.25, -0.2) is 4.98 Å². The van der Waals surface area contributed by atoms with Gasteiger partial charge in [0, 0.05) is 17.7 Å². The first-order valence-corrected chi connectivity index (χ1v) is 5.56. The predicted octanol–water partition coefficient (Wildman–Crippen LogP) is 2.12. The maximum atomic E-state index is 11.9. The van der Waals surface area contributed by atoms with Crippen molar-refractivity contribution in [1.29, 1.82) is 0 Å². The second-order valence-corrected chi connectivity index (χ2v) is 3.98. The summed E-state index contributed by atoms with van der Waals surface area (Å²) in [6, 6.07) is 9.29. The molecule has 88 valence electrons. The molecule has 0 bridgehead atoms. The fourth-order valence-corrected chi connectivity index (χ4v) is 1.77. The van der Waals surface area contributed by atoms with Crippen molar-refractivity contribution < 1.29 is 4.79 Å². The summed E-state index contributed by atoms with van der Waals surface area (Å²) in [5, 5.41) is 0. The van der Waals surface area contributed by atoms with Gasteiger partial charge >= 0.3 is 0 Å². The van der Waals surface area contributed by atoms with E-state index < -0.39 is 0 Å². The number of Topliss-reactive ketones (excluding diaryl/α,β-unsaturated/α-hetero) is 1. The molecule has 0 aliphatic carbocycles. The Labute approximate surface area is 99.9 Å². The maximum Gasteiger partial charge on any atom is 0.197 e. The first kappa shape index (κ1) is 11.4. The molecule has 4 nitrogen and oxygen atoms in total. The van der Waals surface area contributed by atoms with Crippen LogP contribution in [0.2, 0.25) is 0 Å². The Balaban J connectivity index is 1.99. The normalized spacial score (nSPS) is 10.4. The van der Waals surface area contributed by atoms with Gasteiger partial charge in [-0.3, -0.25) is 4.79 Å². The van der Waals surface area contributed by atoms with E-state index in [1.54, 1.807) is 0 Å². The van der Waals surface area contributed by atoms with Gasteiger partial charge in [0.2, 0.25) is 0 Å². The van der Waals surface area contributed by atoms with Crippen LogP contribution in [0.1, 0.15) is 28.2 Å². The number of ketones is 1. The standard InChI is InChI=1S/C13H15N3O/c1-9-11(16-13(14)15-9)7-8-12(17)10-5-3-2-4-6-10/h2-6H,7-8H2,1H3,(H3,14,15,16). The van der Waals surface area contributed by atoms with Crippen LogP contribution in [-0.2, 0) is 6.42 Å². The van der Waals surface area contributed by atoms with Crippen LogP contribution in [0.4, 0.5) is 5.95 Å². The van der Waals surface area contributed by atoms with E-state index >= 15 is 0 Å². The molecule has 0 radical (unpaired) electrons. The molecule has 0 saturated carbocycles. The van der Waals surface area contributed by atoms with Crippen LogP contribution in [0, 0.1) is 6.92 Å². The third-order valence-corrected chi connectivity index (χ3v) is 2.69. The number of nitrogens with one attached hydrogen (secondary N) is 1. The highest BCUT2D eigenvalue weighted by atomic mass is 16.1. The molecule has 0 amide bonds. The summed E-state index contributed by atoms with van der Waals surface area (Å²) in [5.74, 6) is 0.538. The Kier molecular flexibility index (Phi) is 3.23. The quantitative estimate of drug-likeness (QED) is 0.789. The minimum atomic E-state index is 0.131. The van der Waals surface area contributed by atoms with E-state index in [1.807, 2.05) is 37.3 Å². The van der Waals surface area contributed by atoms with Gasteiger partial charge < -0.3 is 10.7 Å². The minimum absolute atomic E-state index is 0.131. The molecule has 0 fully saturated rings. The van der Waals surface area contributed by atoms with Gasteiger partial charge in [0.25, 0.3) is 0 Å². The number of anilines is 1. The molecule has 0 unspecified atom stereocenters. The number of carbonyl (C=O) groups excluding carboxylic acids is 1. The number of aryl methyl sites for hydroxylation is 2. The van der Waals surface area contributed by atoms with E-state index in [-0.39, 0.29) is 5.78 Å². The molecule has 2 rings (SSSR count). The van der Waals surface area contributed by atoms with Crippen molar-refractivity contribution in [3.05, 3.63) is 47.3 Å². The zero-order valence-electron chi connectivity index (χ0n) is 9.73. The van der Waals surface area contributed by atoms with Gasteiger partial charge in [0.05, 0.1) is 5.69 Å². The second kappa shape index (κ2) is 4.82. The van der Waals surface area contributed by atoms with Gasteiger partial charge in [-0.05, 0) is 13.3 Å². The zero-order valence-corrected chi connectivity index (χ0v) is 9.73. The van der Waals surface area contributed by atoms with Gasteiger partial charge in [0.1, 0.15) is 0 Å². The molecule has 1 aromatic carbocycles. The average Bonchev–Trinajstić information content (AvgIpc) is 2.66. The van der Waals surface area contributed by atoms with Crippen LogP contribution in [-0.4, -0.2) is 15.8 Å². The summed E-state index contributed by atoms with van der Waals surface area (Å²) < 4.78 is 0. The number of nitrogen functional groups attached to an aromatic ring is 1. The number of carbonyl (C=O) groups is 1. The number of rotatable bonds is 4. The van der Waals surface area contributed by atoms with E-state index in [9.17, 15) is 4.79 Å². The Morgan fingerprint density at radius 2 is 2.06 bits per heavy atom. The first-order valence-electron chi connectivity index (χ1n) is 5.56. The number of nitrogens with zero attached hydrogens (tertiary/aromatic N) is 1. The number of imidazole rings is 1. The van der Waals surface area contributed by atoms with Crippen LogP contribution in [0.5, 0.6) is 0 Å². The molecule has 0 atom stereocenters. The van der Waals surface area contributed by atoms with Gasteiger partial charge in [-0.2, -0.15) is 0 Å². The van der Waals surface area contributed by atoms with E-state index in [2.05, 4.69) is 9.97 Å². The van der Waals surface area contributed by atoms with Crippen molar-refractivity contribution in [2.45, 2.75) is 19.8 Å². The Morgan fingerprint density at radius 1 is 1.35 bits per heavy atom. The molecular weight excluding hydrogens is 214 g/mol. The lowest BCUT2D eigenvalue weighted by Crippen LogP contribution is -2.01. The van der Waals surface area contributed by atoms with E-state index in [0.717, 1.165) is 17.0 Å². The monoisotopic (exact) mass is 229 g/mol. The van der Waals surface area contributed by atoms with Crippen LogP contribution in [0.25, 0.3) is 0 Å². The number of benzene rings is 1. The highest BCUT2D eigenvalue weighted by Crippen LogP contribution is 2.11. The largest absolute Gasteiger partial charge is 0.369 e. The number of nitrogens with two attached hydrogens (primary N) is 1. The molecule has 2 aromatic rings. The number of aromatic amines is 1. The molecule has 0 spiro atoms. The molecule has 1 heterocycles. The van der Waals surface area contributed by atoms with Crippen molar-refractivity contribution in [3.63, 3.8) is 0 Å². The molecule has 17 heavy (non-hydrogen) atoms. The minimum Gasteiger partial charge on any atom is -0.369 e. The highest BCUT2D eigenvalue weighted by Gasteiger charge is 2.09. The average molecular weight is 229 g/mol. The fraction of sp³-hybridized carbons (Fsp3) is 0.231. The second-order valence-electron chi connectivity index (χ2n) is 3.98. The van der Waals surface area contributed by atoms with Crippen molar-refractivity contribution in [2.75, 3.05) is 5.73 Å². The van der Waals surface area contributed by atoms with Crippen molar-refractivity contribution in [2.24, 2.45) is 0 Å². The molecule has 4 heteroatoms. The summed E-state index contributed by atoms with van der Waals surface area (Å²) >= 11 is 0. The van der Waals surface area contributed by atoms with E-state index in [0.29, 0.717) is 18.8 Å². The zero-order chi connectivity index (χ0) is 12.3. The molecule has 0 saturated heterocycles. The van der Waals surface area contributed by atoms with Crippen LogP contribution in [0.3, 0.4) is 0 Å². The summed E-state index contributed by atoms with van der Waals surface area (Å²) in [7, 11) is 0. The highest BCUT2D eigenvalue weighted by molar-refractivity contribution is 5.96. The Bertz CT molecular complexity index is 517. The smallest absolute Gasteiger partial charge is 0.197 e. The van der Waals surface area contributed by atoms with Crippen molar-refractivity contribution in [1.82, 2.24) is 9.97 Å². The van der Waals surface area contributed by atoms with Gasteiger partial charge in [-0.1, -0.05) is 30.3 Å². The summed E-state index contributed by atoms with van der Waals surface area (Å²) in [5.41, 5.74) is 8.09. The van der Waals surface area contributed by atoms with Crippen molar-refractivity contribution in [3.8, 4) is 0 Å². The Morgan fingerprint density at radius 3 is 2.65 bits per heavy atom. The molecular formula is C13H15N3O. The van der Waals surface area contributed by atoms with Crippen LogP contribution < -0.4 is 5.73 Å². The number of aromatic nitrogens is 2. The predicted molar refractivity (Wildman–Crippen MR) is 66.8 cm³/mol. The SMILES string of the molecule is Cc1[nH]c(N)nc1CCC(=O)c1ccccc1. The Hall–Kier alpha value is -2.10. The fourth-order valence-electron chi connectivity index (χ4n) is 1.77. The third kappa shape index (κ3) is 2.72. The summed E-state index contributed by atoms with van der Waals surface area (Å²) in [4.78, 5) is 18.9. The van der Waals surface area contributed by atoms with Gasteiger partial charge in [0.15, 0.2) is 11.7 Å². The van der Waals surface area contributed by atoms with E-state index in [1.165, 1.54) is 0 Å². The lowest BCUT2D eigenvalue weighted by Gasteiger charge is -1.99. The lowest BCUT2D eigenvalue weighted by atomic mass is 10.1. The molecule has 0 aliphatic rings. The first-order chi connectivity index (χ1) is 8.16. The van der Waals surface area contributed by atoms with Crippen LogP contribution in [0.15, 0.2) is 30.3 Å². The topological polar surface area (TPSA) is 71.8 Å². The summed E-state index contributed by atoms with van der Waals surface area (Å²) in [6.45, 7) is 1.91. The van der Waals surface area contributed by atoms with E-state index in [4.69, 9.17) is 5.73 Å². The maximum absolute atomic E-state index is 11.9. The lowest BCUT2D eigenvalue weighted by molar-refractivity contribution is 0.0982. The molecule has 1 aromatic heterocycles. The number of hydrogen-bond donors (Lipinski definition) is 2. The van der Waals surface area contributed by atoms with Crippen molar-refractivity contribution >= 4 is 11.7 Å².